The Morgan fingerprint density at radius 1 is 1.23 bits per heavy atom. The standard InChI is InChI=1S/C16H24ClN3O2/c1-5-8-20(11-16(22)19(3)4)10-15(21)18-14-7-6-12(2)9-13(14)17/h6-7,9H,5,8,10-11H2,1-4H3,(H,18,21). The van der Waals surface area contributed by atoms with Crippen LogP contribution in [0.25, 0.3) is 0 Å². The molecule has 1 N–H and O–H groups in total. The summed E-state index contributed by atoms with van der Waals surface area (Å²) in [5.74, 6) is -0.194. The van der Waals surface area contributed by atoms with Crippen LogP contribution in [0.4, 0.5) is 5.69 Å². The van der Waals surface area contributed by atoms with Crippen molar-refractivity contribution in [3.63, 3.8) is 0 Å². The van der Waals surface area contributed by atoms with Gasteiger partial charge in [0.1, 0.15) is 0 Å². The molecule has 0 unspecified atom stereocenters. The van der Waals surface area contributed by atoms with Crippen molar-refractivity contribution in [3.8, 4) is 0 Å². The largest absolute Gasteiger partial charge is 0.348 e. The maximum atomic E-state index is 12.1. The number of anilines is 1. The topological polar surface area (TPSA) is 52.7 Å². The molecule has 5 nitrogen and oxygen atoms in total. The minimum Gasteiger partial charge on any atom is -0.348 e. The summed E-state index contributed by atoms with van der Waals surface area (Å²) in [6.45, 7) is 5.04. The molecule has 0 saturated heterocycles. The number of aryl methyl sites for hydroxylation is 1. The average Bonchev–Trinajstić information content (AvgIpc) is 2.42. The van der Waals surface area contributed by atoms with Crippen LogP contribution in [-0.4, -0.2) is 55.3 Å². The van der Waals surface area contributed by atoms with Crippen molar-refractivity contribution in [2.45, 2.75) is 20.3 Å². The summed E-state index contributed by atoms with van der Waals surface area (Å²) < 4.78 is 0. The first-order valence-electron chi connectivity index (χ1n) is 7.32. The van der Waals surface area contributed by atoms with Gasteiger partial charge in [-0.25, -0.2) is 0 Å². The minimum absolute atomic E-state index is 0.0189. The first-order chi connectivity index (χ1) is 10.3. The number of halogens is 1. The SMILES string of the molecule is CCCN(CC(=O)Nc1ccc(C)cc1Cl)CC(=O)N(C)C. The summed E-state index contributed by atoms with van der Waals surface area (Å²) in [6.07, 6.45) is 0.874. The van der Waals surface area contributed by atoms with Gasteiger partial charge < -0.3 is 10.2 Å². The smallest absolute Gasteiger partial charge is 0.238 e. The highest BCUT2D eigenvalue weighted by Crippen LogP contribution is 2.22. The molecule has 0 aromatic heterocycles. The highest BCUT2D eigenvalue weighted by molar-refractivity contribution is 6.33. The van der Waals surface area contributed by atoms with Crippen LogP contribution in [-0.2, 0) is 9.59 Å². The van der Waals surface area contributed by atoms with Crippen LogP contribution in [0.1, 0.15) is 18.9 Å². The van der Waals surface area contributed by atoms with Gasteiger partial charge in [-0.2, -0.15) is 0 Å². The van der Waals surface area contributed by atoms with Gasteiger partial charge >= 0.3 is 0 Å². The zero-order chi connectivity index (χ0) is 16.7. The molecule has 0 bridgehead atoms. The second-order valence-electron chi connectivity index (χ2n) is 5.53. The van der Waals surface area contributed by atoms with Crippen molar-refractivity contribution in [2.75, 3.05) is 39.0 Å². The number of likely N-dealkylation sites (N-methyl/N-ethyl adjacent to an activating group) is 1. The number of hydrogen-bond acceptors (Lipinski definition) is 3. The van der Waals surface area contributed by atoms with E-state index in [0.29, 0.717) is 17.3 Å². The van der Waals surface area contributed by atoms with E-state index in [-0.39, 0.29) is 24.9 Å². The van der Waals surface area contributed by atoms with E-state index in [1.807, 2.05) is 24.8 Å². The number of nitrogens with one attached hydrogen (secondary N) is 1. The Balaban J connectivity index is 2.64. The molecule has 0 aliphatic carbocycles. The summed E-state index contributed by atoms with van der Waals surface area (Å²) in [5, 5.41) is 3.30. The number of benzene rings is 1. The highest BCUT2D eigenvalue weighted by atomic mass is 35.5. The van der Waals surface area contributed by atoms with E-state index in [4.69, 9.17) is 11.6 Å². The lowest BCUT2D eigenvalue weighted by molar-refractivity contribution is -0.130. The lowest BCUT2D eigenvalue weighted by atomic mass is 10.2. The van der Waals surface area contributed by atoms with Gasteiger partial charge in [0, 0.05) is 14.1 Å². The van der Waals surface area contributed by atoms with Crippen molar-refractivity contribution in [1.82, 2.24) is 9.80 Å². The fraction of sp³-hybridized carbons (Fsp3) is 0.500. The molecule has 122 valence electrons. The van der Waals surface area contributed by atoms with Gasteiger partial charge in [-0.15, -0.1) is 0 Å². The van der Waals surface area contributed by atoms with E-state index >= 15 is 0 Å². The predicted molar refractivity (Wildman–Crippen MR) is 90.2 cm³/mol. The second-order valence-corrected chi connectivity index (χ2v) is 5.94. The molecular weight excluding hydrogens is 302 g/mol. The van der Waals surface area contributed by atoms with Gasteiger partial charge in [-0.05, 0) is 37.6 Å². The zero-order valence-electron chi connectivity index (χ0n) is 13.6. The Hall–Kier alpha value is -1.59. The quantitative estimate of drug-likeness (QED) is 0.837. The molecule has 1 aromatic rings. The first kappa shape index (κ1) is 18.5. The molecule has 0 fully saturated rings. The van der Waals surface area contributed by atoms with E-state index in [9.17, 15) is 9.59 Å². The highest BCUT2D eigenvalue weighted by Gasteiger charge is 2.15. The second kappa shape index (κ2) is 8.76. The summed E-state index contributed by atoms with van der Waals surface area (Å²) >= 11 is 6.11. The van der Waals surface area contributed by atoms with E-state index < -0.39 is 0 Å². The van der Waals surface area contributed by atoms with Crippen molar-refractivity contribution in [3.05, 3.63) is 28.8 Å². The number of carbonyl (C=O) groups is 2. The monoisotopic (exact) mass is 325 g/mol. The summed E-state index contributed by atoms with van der Waals surface area (Å²) in [7, 11) is 3.41. The molecule has 22 heavy (non-hydrogen) atoms. The molecule has 0 aliphatic heterocycles. The Morgan fingerprint density at radius 3 is 2.45 bits per heavy atom. The molecule has 2 amide bonds. The van der Waals surface area contributed by atoms with Crippen molar-refractivity contribution < 1.29 is 9.59 Å². The van der Waals surface area contributed by atoms with Gasteiger partial charge in [0.25, 0.3) is 0 Å². The van der Waals surface area contributed by atoms with Crippen LogP contribution < -0.4 is 5.32 Å². The molecule has 0 atom stereocenters. The Kier molecular flexibility index (Phi) is 7.35. The number of hydrogen-bond donors (Lipinski definition) is 1. The first-order valence-corrected chi connectivity index (χ1v) is 7.69. The number of amides is 2. The third-order valence-corrected chi connectivity index (χ3v) is 3.48. The number of nitrogens with zero attached hydrogens (tertiary/aromatic N) is 2. The third kappa shape index (κ3) is 6.03. The molecule has 0 heterocycles. The Morgan fingerprint density at radius 2 is 1.91 bits per heavy atom. The normalized spacial score (nSPS) is 10.6. The van der Waals surface area contributed by atoms with Crippen molar-refractivity contribution >= 4 is 29.1 Å². The number of carbonyl (C=O) groups excluding carboxylic acids is 2. The van der Waals surface area contributed by atoms with Gasteiger partial charge in [0.15, 0.2) is 0 Å². The van der Waals surface area contributed by atoms with Crippen LogP contribution >= 0.6 is 11.6 Å². The predicted octanol–water partition coefficient (Wildman–Crippen LogP) is 2.39. The van der Waals surface area contributed by atoms with Crippen LogP contribution in [0.15, 0.2) is 18.2 Å². The lowest BCUT2D eigenvalue weighted by Gasteiger charge is -2.22. The summed E-state index contributed by atoms with van der Waals surface area (Å²) in [5.41, 5.74) is 1.62. The summed E-state index contributed by atoms with van der Waals surface area (Å²) in [6, 6.07) is 5.47. The molecule has 1 aromatic carbocycles. The lowest BCUT2D eigenvalue weighted by Crippen LogP contribution is -2.41. The van der Waals surface area contributed by atoms with Gasteiger partial charge in [-0.1, -0.05) is 24.6 Å². The Labute approximate surface area is 137 Å². The molecular formula is C16H24ClN3O2. The van der Waals surface area contributed by atoms with Crippen LogP contribution in [0.2, 0.25) is 5.02 Å². The number of rotatable bonds is 7. The van der Waals surface area contributed by atoms with E-state index in [1.54, 1.807) is 26.2 Å². The van der Waals surface area contributed by atoms with Crippen LogP contribution in [0.5, 0.6) is 0 Å². The fourth-order valence-electron chi connectivity index (χ4n) is 1.98. The van der Waals surface area contributed by atoms with Crippen molar-refractivity contribution in [1.29, 1.82) is 0 Å². The van der Waals surface area contributed by atoms with Gasteiger partial charge in [-0.3, -0.25) is 14.5 Å². The fourth-order valence-corrected chi connectivity index (χ4v) is 2.26. The molecule has 1 rings (SSSR count). The van der Waals surface area contributed by atoms with Crippen molar-refractivity contribution in [2.24, 2.45) is 0 Å². The molecule has 0 radical (unpaired) electrons. The summed E-state index contributed by atoms with van der Waals surface area (Å²) in [4.78, 5) is 27.3. The maximum Gasteiger partial charge on any atom is 0.238 e. The van der Waals surface area contributed by atoms with E-state index in [1.165, 1.54) is 4.90 Å². The third-order valence-electron chi connectivity index (χ3n) is 3.16. The van der Waals surface area contributed by atoms with Crippen LogP contribution in [0.3, 0.4) is 0 Å². The van der Waals surface area contributed by atoms with Gasteiger partial charge in [0.05, 0.1) is 23.8 Å². The zero-order valence-corrected chi connectivity index (χ0v) is 14.4. The molecule has 6 heteroatoms. The molecule has 0 spiro atoms. The van der Waals surface area contributed by atoms with Crippen LogP contribution in [0, 0.1) is 6.92 Å². The molecule has 0 saturated carbocycles. The average molecular weight is 326 g/mol. The van der Waals surface area contributed by atoms with E-state index in [0.717, 1.165) is 12.0 Å². The molecule has 0 aliphatic rings. The van der Waals surface area contributed by atoms with Gasteiger partial charge in [0.2, 0.25) is 11.8 Å². The minimum atomic E-state index is -0.175. The maximum absolute atomic E-state index is 12.1. The van der Waals surface area contributed by atoms with E-state index in [2.05, 4.69) is 5.32 Å². The Bertz CT molecular complexity index is 532.